The van der Waals surface area contributed by atoms with E-state index in [-0.39, 0.29) is 0 Å². The molecule has 1 unspecified atom stereocenters. The van der Waals surface area contributed by atoms with Gasteiger partial charge in [-0.15, -0.1) is 8.58 Å². The van der Waals surface area contributed by atoms with E-state index in [4.69, 9.17) is 0 Å². The molecule has 0 heterocycles. The average molecular weight is 217 g/mol. The average Bonchev–Trinajstić information content (AvgIpc) is 1.78. The number of nitrogens with zero attached hydrogens (tertiary/aromatic N) is 1. The van der Waals surface area contributed by atoms with Crippen molar-refractivity contribution in [1.29, 1.82) is 0 Å². The first-order valence-electron chi connectivity index (χ1n) is 5.58. The molecule has 1 atom stereocenters. The van der Waals surface area contributed by atoms with E-state index < -0.39 is 0 Å². The lowest BCUT2D eigenvalue weighted by molar-refractivity contribution is 0.211. The highest BCUT2D eigenvalue weighted by Gasteiger charge is 2.28. The van der Waals surface area contributed by atoms with Crippen LogP contribution in [0, 0.1) is 5.41 Å². The largest absolute Gasteiger partial charge is 0.309 e. The minimum Gasteiger partial charge on any atom is -0.309 e. The predicted octanol–water partition coefficient (Wildman–Crippen LogP) is 3.44. The summed E-state index contributed by atoms with van der Waals surface area (Å²) >= 11 is 0. The van der Waals surface area contributed by atoms with Crippen LogP contribution < -0.4 is 0 Å². The first-order chi connectivity index (χ1) is 6.18. The molecular weight excluding hydrogens is 189 g/mol. The molecule has 0 bridgehead atoms. The van der Waals surface area contributed by atoms with Crippen LogP contribution in [0.5, 0.6) is 0 Å². The summed E-state index contributed by atoms with van der Waals surface area (Å²) in [7, 11) is 5.42. The van der Waals surface area contributed by atoms with Crippen molar-refractivity contribution >= 4 is 8.58 Å². The van der Waals surface area contributed by atoms with Crippen LogP contribution in [-0.2, 0) is 0 Å². The highest BCUT2D eigenvalue weighted by atomic mass is 31.1. The van der Waals surface area contributed by atoms with Gasteiger partial charge in [-0.3, -0.25) is 0 Å². The molecule has 0 N–H and O–H groups in total. The molecule has 0 aliphatic rings. The molecular formula is C12H28NP. The van der Waals surface area contributed by atoms with Gasteiger partial charge in [-0.1, -0.05) is 34.6 Å². The van der Waals surface area contributed by atoms with E-state index in [9.17, 15) is 0 Å². The molecule has 1 nitrogen and oxygen atoms in total. The molecule has 86 valence electrons. The molecule has 0 rings (SSSR count). The minimum atomic E-state index is 0.440. The van der Waals surface area contributed by atoms with Gasteiger partial charge >= 0.3 is 0 Å². The van der Waals surface area contributed by atoms with Crippen molar-refractivity contribution in [3.8, 4) is 0 Å². The third kappa shape index (κ3) is 6.79. The zero-order chi connectivity index (χ0) is 11.4. The number of hydrogen-bond acceptors (Lipinski definition) is 1. The van der Waals surface area contributed by atoms with Crippen LogP contribution in [-0.4, -0.2) is 36.9 Å². The van der Waals surface area contributed by atoms with Crippen LogP contribution in [0.1, 0.15) is 41.0 Å². The van der Waals surface area contributed by atoms with Crippen molar-refractivity contribution in [3.05, 3.63) is 0 Å². The van der Waals surface area contributed by atoms with E-state index in [1.54, 1.807) is 0 Å². The van der Waals surface area contributed by atoms with Gasteiger partial charge in [0.05, 0.1) is 0 Å². The van der Waals surface area contributed by atoms with Gasteiger partial charge in [-0.05, 0) is 37.2 Å². The molecule has 0 aromatic heterocycles. The molecule has 0 saturated heterocycles. The Kier molecular flexibility index (Phi) is 5.62. The van der Waals surface area contributed by atoms with Gasteiger partial charge in [0.15, 0.2) is 0 Å². The number of rotatable bonds is 6. The van der Waals surface area contributed by atoms with Gasteiger partial charge in [0, 0.05) is 6.54 Å². The number of hydrogen-bond donors (Lipinski definition) is 0. The first-order valence-corrected chi connectivity index (χ1v) is 6.79. The topological polar surface area (TPSA) is 3.24 Å². The molecule has 0 radical (unpaired) electrons. The minimum absolute atomic E-state index is 0.440. The Balaban J connectivity index is 4.19. The molecule has 0 aromatic rings. The van der Waals surface area contributed by atoms with Crippen LogP contribution in [0.2, 0.25) is 0 Å². The molecule has 0 aromatic carbocycles. The van der Waals surface area contributed by atoms with Crippen LogP contribution in [0.4, 0.5) is 0 Å². The van der Waals surface area contributed by atoms with Crippen molar-refractivity contribution in [2.24, 2.45) is 5.41 Å². The molecule has 2 heteroatoms. The van der Waals surface area contributed by atoms with Crippen molar-refractivity contribution in [2.45, 2.75) is 46.2 Å². The molecule has 0 fully saturated rings. The summed E-state index contributed by atoms with van der Waals surface area (Å²) in [5, 5.41) is 0.522. The zero-order valence-electron chi connectivity index (χ0n) is 11.1. The van der Waals surface area contributed by atoms with Crippen LogP contribution in [0.3, 0.4) is 0 Å². The normalized spacial score (nSPS) is 14.6. The molecule has 0 aliphatic heterocycles. The smallest absolute Gasteiger partial charge is 0.00269 e. The summed E-state index contributed by atoms with van der Waals surface area (Å²) in [6.45, 7) is 13.1. The van der Waals surface area contributed by atoms with Crippen molar-refractivity contribution in [1.82, 2.24) is 4.90 Å². The van der Waals surface area contributed by atoms with Crippen molar-refractivity contribution < 1.29 is 0 Å². The van der Waals surface area contributed by atoms with E-state index in [0.29, 0.717) is 10.6 Å². The Hall–Kier alpha value is 0.390. The van der Waals surface area contributed by atoms with Gasteiger partial charge in [0.25, 0.3) is 0 Å². The Labute approximate surface area is 92.4 Å². The van der Waals surface area contributed by atoms with Crippen LogP contribution >= 0.6 is 8.58 Å². The SMILES string of the molecule is CCPC(C)(C)CC(C)(C)CN(C)C. The summed E-state index contributed by atoms with van der Waals surface area (Å²) < 4.78 is 0. The van der Waals surface area contributed by atoms with Gasteiger partial charge in [0.1, 0.15) is 0 Å². The fourth-order valence-corrected chi connectivity index (χ4v) is 4.21. The second-order valence-electron chi connectivity index (χ2n) is 5.99. The third-order valence-electron chi connectivity index (χ3n) is 2.32. The molecule has 0 spiro atoms. The van der Waals surface area contributed by atoms with E-state index >= 15 is 0 Å². The molecule has 0 amide bonds. The molecule has 14 heavy (non-hydrogen) atoms. The van der Waals surface area contributed by atoms with Crippen LogP contribution in [0.15, 0.2) is 0 Å². The van der Waals surface area contributed by atoms with Crippen molar-refractivity contribution in [2.75, 3.05) is 26.8 Å². The quantitative estimate of drug-likeness (QED) is 0.616. The second-order valence-corrected chi connectivity index (χ2v) is 8.41. The lowest BCUT2D eigenvalue weighted by atomic mass is 9.83. The Morgan fingerprint density at radius 3 is 1.93 bits per heavy atom. The van der Waals surface area contributed by atoms with Gasteiger partial charge in [-0.25, -0.2) is 0 Å². The fraction of sp³-hybridized carbons (Fsp3) is 1.00. The predicted molar refractivity (Wildman–Crippen MR) is 69.9 cm³/mol. The van der Waals surface area contributed by atoms with Gasteiger partial charge in [0.2, 0.25) is 0 Å². The van der Waals surface area contributed by atoms with Crippen LogP contribution in [0.25, 0.3) is 0 Å². The van der Waals surface area contributed by atoms with Gasteiger partial charge < -0.3 is 4.90 Å². The summed E-state index contributed by atoms with van der Waals surface area (Å²) in [5.74, 6) is 0. The van der Waals surface area contributed by atoms with Crippen molar-refractivity contribution in [3.63, 3.8) is 0 Å². The fourth-order valence-electron chi connectivity index (χ4n) is 2.65. The lowest BCUT2D eigenvalue weighted by Gasteiger charge is -2.36. The summed E-state index contributed by atoms with van der Waals surface area (Å²) in [4.78, 5) is 2.30. The maximum Gasteiger partial charge on any atom is 0.00269 e. The summed E-state index contributed by atoms with van der Waals surface area (Å²) in [6, 6.07) is 0. The standard InChI is InChI=1S/C12H28NP/c1-8-14-12(4,5)9-11(2,3)10-13(6)7/h14H,8-10H2,1-7H3. The Bertz CT molecular complexity index is 162. The first kappa shape index (κ1) is 14.4. The highest BCUT2D eigenvalue weighted by Crippen LogP contribution is 2.40. The second kappa shape index (κ2) is 5.47. The lowest BCUT2D eigenvalue weighted by Crippen LogP contribution is -2.34. The maximum absolute atomic E-state index is 2.41. The van der Waals surface area contributed by atoms with E-state index in [0.717, 1.165) is 8.58 Å². The zero-order valence-corrected chi connectivity index (χ0v) is 12.1. The monoisotopic (exact) mass is 217 g/mol. The van der Waals surface area contributed by atoms with E-state index in [1.165, 1.54) is 19.1 Å². The Morgan fingerprint density at radius 2 is 1.57 bits per heavy atom. The van der Waals surface area contributed by atoms with E-state index in [1.807, 2.05) is 0 Å². The highest BCUT2D eigenvalue weighted by molar-refractivity contribution is 7.39. The summed E-state index contributed by atoms with van der Waals surface area (Å²) in [6.07, 6.45) is 2.65. The van der Waals surface area contributed by atoms with Gasteiger partial charge in [-0.2, -0.15) is 0 Å². The Morgan fingerprint density at radius 1 is 1.07 bits per heavy atom. The summed E-state index contributed by atoms with van der Waals surface area (Å²) in [5.41, 5.74) is 0.440. The van der Waals surface area contributed by atoms with E-state index in [2.05, 4.69) is 53.6 Å². The maximum atomic E-state index is 2.41. The molecule has 0 saturated carbocycles. The third-order valence-corrected chi connectivity index (χ3v) is 3.81. The molecule has 0 aliphatic carbocycles.